The minimum Gasteiger partial charge on any atom is -0.439 e. The van der Waals surface area contributed by atoms with Crippen molar-refractivity contribution >= 4 is 29.1 Å². The van der Waals surface area contributed by atoms with Crippen LogP contribution >= 0.6 is 12.2 Å². The van der Waals surface area contributed by atoms with E-state index in [0.717, 1.165) is 50.5 Å². The zero-order chi connectivity index (χ0) is 27.2. The van der Waals surface area contributed by atoms with Gasteiger partial charge < -0.3 is 20.3 Å². The fraction of sp³-hybridized carbons (Fsp3) is 0.303. The van der Waals surface area contributed by atoms with Gasteiger partial charge in [-0.15, -0.1) is 0 Å². The highest BCUT2D eigenvalue weighted by Gasteiger charge is 2.33. The van der Waals surface area contributed by atoms with Gasteiger partial charge in [-0.2, -0.15) is 9.97 Å². The molecule has 1 saturated carbocycles. The minimum atomic E-state index is 0.0801. The molecule has 1 aromatic heterocycles. The van der Waals surface area contributed by atoms with Gasteiger partial charge in [-0.25, -0.2) is 0 Å². The Morgan fingerprint density at radius 1 is 0.850 bits per heavy atom. The molecule has 1 aliphatic heterocycles. The fourth-order valence-electron chi connectivity index (χ4n) is 5.97. The van der Waals surface area contributed by atoms with Crippen LogP contribution in [0.3, 0.4) is 0 Å². The van der Waals surface area contributed by atoms with Crippen LogP contribution in [0.4, 0.5) is 11.8 Å². The SMILES string of the molecule is S=C(NCC1(c2ccccc2)CCCCC1)Nc1nc(Oc2ccccc2)cc(N2CCc3ccccc3C2)n1. The third kappa shape index (κ3) is 6.10. The molecule has 0 bridgehead atoms. The predicted octanol–water partition coefficient (Wildman–Crippen LogP) is 7.02. The number of fused-ring (bicyclic) bond motifs is 1. The minimum absolute atomic E-state index is 0.0801. The zero-order valence-corrected chi connectivity index (χ0v) is 23.5. The van der Waals surface area contributed by atoms with E-state index >= 15 is 0 Å². The van der Waals surface area contributed by atoms with E-state index in [1.807, 2.05) is 36.4 Å². The molecular weight excluding hydrogens is 514 g/mol. The monoisotopic (exact) mass is 549 g/mol. The van der Waals surface area contributed by atoms with Crippen molar-refractivity contribution in [1.29, 1.82) is 0 Å². The number of hydrogen-bond acceptors (Lipinski definition) is 5. The number of rotatable bonds is 7. The summed E-state index contributed by atoms with van der Waals surface area (Å²) in [6.45, 7) is 2.44. The van der Waals surface area contributed by atoms with Crippen molar-refractivity contribution in [2.75, 3.05) is 23.3 Å². The Balaban J connectivity index is 1.21. The number of benzene rings is 3. The molecule has 3 aromatic carbocycles. The van der Waals surface area contributed by atoms with Crippen molar-refractivity contribution in [3.8, 4) is 11.6 Å². The molecule has 1 aliphatic carbocycles. The van der Waals surface area contributed by atoms with Gasteiger partial charge in [-0.1, -0.05) is 92.1 Å². The number of nitrogens with zero attached hydrogens (tertiary/aromatic N) is 3. The standard InChI is InChI=1S/C33H35N5OS/c40-32(34-24-33(19-10-3-11-20-33)27-14-4-1-5-15-27)37-31-35-29(22-30(36-31)39-28-16-6-2-7-17-28)38-21-18-25-12-8-9-13-26(25)23-38/h1-2,4-9,12-17,22H,3,10-11,18-21,23-24H2,(H2,34,35,36,37,40). The first-order valence-electron chi connectivity index (χ1n) is 14.2. The van der Waals surface area contributed by atoms with Gasteiger partial charge >= 0.3 is 0 Å². The van der Waals surface area contributed by atoms with Crippen molar-refractivity contribution in [1.82, 2.24) is 15.3 Å². The number of thiocarbonyl (C=S) groups is 1. The molecule has 6 nitrogen and oxygen atoms in total. The van der Waals surface area contributed by atoms with E-state index < -0.39 is 0 Å². The summed E-state index contributed by atoms with van der Waals surface area (Å²) in [5, 5.41) is 7.29. The van der Waals surface area contributed by atoms with Crippen molar-refractivity contribution < 1.29 is 4.74 Å². The fourth-order valence-corrected chi connectivity index (χ4v) is 6.13. The lowest BCUT2D eigenvalue weighted by atomic mass is 9.69. The summed E-state index contributed by atoms with van der Waals surface area (Å²) in [6.07, 6.45) is 7.05. The van der Waals surface area contributed by atoms with Gasteiger partial charge in [-0.05, 0) is 60.3 Å². The van der Waals surface area contributed by atoms with Crippen molar-refractivity contribution in [3.63, 3.8) is 0 Å². The molecule has 6 rings (SSSR count). The second-order valence-corrected chi connectivity index (χ2v) is 11.2. The lowest BCUT2D eigenvalue weighted by Crippen LogP contribution is -2.43. The van der Waals surface area contributed by atoms with Crippen LogP contribution in [0.15, 0.2) is 91.0 Å². The van der Waals surface area contributed by atoms with Crippen molar-refractivity contribution in [2.45, 2.75) is 50.5 Å². The average Bonchev–Trinajstić information content (AvgIpc) is 3.01. The second kappa shape index (κ2) is 12.0. The summed E-state index contributed by atoms with van der Waals surface area (Å²) in [5.41, 5.74) is 4.18. The molecule has 0 spiro atoms. The Kier molecular flexibility index (Phi) is 7.91. The number of hydrogen-bond donors (Lipinski definition) is 2. The van der Waals surface area contributed by atoms with Crippen LogP contribution in [-0.2, 0) is 18.4 Å². The predicted molar refractivity (Wildman–Crippen MR) is 165 cm³/mol. The van der Waals surface area contributed by atoms with Crippen molar-refractivity contribution in [2.24, 2.45) is 0 Å². The summed E-state index contributed by atoms with van der Waals surface area (Å²) < 4.78 is 6.15. The van der Waals surface area contributed by atoms with E-state index in [9.17, 15) is 0 Å². The second-order valence-electron chi connectivity index (χ2n) is 10.8. The first-order chi connectivity index (χ1) is 19.7. The third-order valence-corrected chi connectivity index (χ3v) is 8.37. The summed E-state index contributed by atoms with van der Waals surface area (Å²) in [6, 6.07) is 31.1. The van der Waals surface area contributed by atoms with Crippen LogP contribution in [-0.4, -0.2) is 28.2 Å². The van der Waals surface area contributed by atoms with Crippen LogP contribution in [0.25, 0.3) is 0 Å². The van der Waals surface area contributed by atoms with E-state index in [-0.39, 0.29) is 5.41 Å². The molecule has 2 heterocycles. The molecule has 2 aliphatic rings. The average molecular weight is 550 g/mol. The van der Waals surface area contributed by atoms with Gasteiger partial charge in [0.1, 0.15) is 11.6 Å². The van der Waals surface area contributed by atoms with Crippen LogP contribution < -0.4 is 20.3 Å². The number of aromatic nitrogens is 2. The first-order valence-corrected chi connectivity index (χ1v) is 14.6. The van der Waals surface area contributed by atoms with Gasteiger partial charge in [0.05, 0.1) is 0 Å². The Bertz CT molecular complexity index is 1440. The molecule has 0 saturated heterocycles. The van der Waals surface area contributed by atoms with Crippen LogP contribution in [0.1, 0.15) is 48.8 Å². The highest BCUT2D eigenvalue weighted by Crippen LogP contribution is 2.39. The lowest BCUT2D eigenvalue weighted by Gasteiger charge is -2.38. The molecule has 0 radical (unpaired) electrons. The van der Waals surface area contributed by atoms with Gasteiger partial charge in [0.2, 0.25) is 11.8 Å². The highest BCUT2D eigenvalue weighted by molar-refractivity contribution is 7.80. The molecule has 4 aromatic rings. The Morgan fingerprint density at radius 2 is 1.55 bits per heavy atom. The Morgan fingerprint density at radius 3 is 2.33 bits per heavy atom. The van der Waals surface area contributed by atoms with E-state index in [2.05, 4.69) is 75.1 Å². The molecule has 0 atom stereocenters. The maximum atomic E-state index is 6.15. The van der Waals surface area contributed by atoms with Gasteiger partial charge in [0.25, 0.3) is 0 Å². The molecule has 40 heavy (non-hydrogen) atoms. The Labute approximate surface area is 241 Å². The zero-order valence-electron chi connectivity index (χ0n) is 22.7. The van der Waals surface area contributed by atoms with E-state index in [1.165, 1.54) is 36.0 Å². The maximum Gasteiger partial charge on any atom is 0.234 e. The summed E-state index contributed by atoms with van der Waals surface area (Å²) in [5.74, 6) is 2.45. The number of nitrogens with one attached hydrogen (secondary N) is 2. The molecular formula is C33H35N5OS. The summed E-state index contributed by atoms with van der Waals surface area (Å²) in [7, 11) is 0. The first kappa shape index (κ1) is 26.3. The van der Waals surface area contributed by atoms with Crippen molar-refractivity contribution in [3.05, 3.63) is 108 Å². The van der Waals surface area contributed by atoms with Gasteiger partial charge in [0.15, 0.2) is 5.11 Å². The molecule has 0 unspecified atom stereocenters. The summed E-state index contributed by atoms with van der Waals surface area (Å²) >= 11 is 5.77. The van der Waals surface area contributed by atoms with Crippen LogP contribution in [0.2, 0.25) is 0 Å². The number of anilines is 2. The largest absolute Gasteiger partial charge is 0.439 e. The molecule has 1 fully saturated rings. The summed E-state index contributed by atoms with van der Waals surface area (Å²) in [4.78, 5) is 11.8. The Hall–Kier alpha value is -3.97. The number of ether oxygens (including phenoxy) is 1. The quantitative estimate of drug-likeness (QED) is 0.240. The topological polar surface area (TPSA) is 62.3 Å². The van der Waals surface area contributed by atoms with Gasteiger partial charge in [-0.3, -0.25) is 0 Å². The molecule has 7 heteroatoms. The van der Waals surface area contributed by atoms with Gasteiger partial charge in [0, 0.05) is 31.1 Å². The highest BCUT2D eigenvalue weighted by atomic mass is 32.1. The number of para-hydroxylation sites is 1. The molecule has 204 valence electrons. The van der Waals surface area contributed by atoms with E-state index in [1.54, 1.807) is 0 Å². The third-order valence-electron chi connectivity index (χ3n) is 8.12. The van der Waals surface area contributed by atoms with Crippen LogP contribution in [0, 0.1) is 0 Å². The van der Waals surface area contributed by atoms with Crippen LogP contribution in [0.5, 0.6) is 11.6 Å². The maximum absolute atomic E-state index is 6.15. The van der Waals surface area contributed by atoms with E-state index in [0.29, 0.717) is 16.9 Å². The van der Waals surface area contributed by atoms with E-state index in [4.69, 9.17) is 21.9 Å². The molecule has 2 N–H and O–H groups in total. The normalized spacial score (nSPS) is 16.1. The lowest BCUT2D eigenvalue weighted by molar-refractivity contribution is 0.292. The molecule has 0 amide bonds. The smallest absolute Gasteiger partial charge is 0.234 e.